The van der Waals surface area contributed by atoms with Crippen LogP contribution in [0.5, 0.6) is 0 Å². The van der Waals surface area contributed by atoms with Crippen LogP contribution in [0, 0.1) is 25.2 Å². The molecule has 2 rings (SSSR count). The molecule has 2 aromatic rings. The van der Waals surface area contributed by atoms with Crippen LogP contribution in [-0.2, 0) is 0 Å². The Morgan fingerprint density at radius 2 is 2.00 bits per heavy atom. The zero-order valence-electron chi connectivity index (χ0n) is 10.3. The van der Waals surface area contributed by atoms with E-state index >= 15 is 0 Å². The minimum absolute atomic E-state index is 0.574. The Balaban J connectivity index is 2.31. The molecule has 0 radical (unpaired) electrons. The third-order valence-corrected chi connectivity index (χ3v) is 3.44. The molecule has 0 atom stereocenters. The summed E-state index contributed by atoms with van der Waals surface area (Å²) in [6, 6.07) is 11.4. The Hall–Kier alpha value is -1.99. The minimum Gasteiger partial charge on any atom is -0.398 e. The van der Waals surface area contributed by atoms with Crippen LogP contribution in [-0.4, -0.2) is 4.98 Å². The lowest BCUT2D eigenvalue weighted by atomic mass is 10.2. The molecular weight excluding hydrogens is 242 g/mol. The van der Waals surface area contributed by atoms with Crippen LogP contribution in [0.1, 0.15) is 16.8 Å². The van der Waals surface area contributed by atoms with Crippen LogP contribution < -0.4 is 5.73 Å². The van der Waals surface area contributed by atoms with Gasteiger partial charge in [0.1, 0.15) is 5.03 Å². The third kappa shape index (κ3) is 2.82. The molecule has 0 saturated heterocycles. The van der Waals surface area contributed by atoms with Gasteiger partial charge in [0.25, 0.3) is 0 Å². The second-order valence-electron chi connectivity index (χ2n) is 4.09. The number of benzene rings is 1. The molecule has 3 nitrogen and oxygen atoms in total. The normalized spacial score (nSPS) is 10.1. The van der Waals surface area contributed by atoms with Gasteiger partial charge in [0.05, 0.1) is 11.6 Å². The number of pyridine rings is 1. The standard InChI is InChI=1S/C14H13N3S/c1-9-5-10(2)17-14(6-9)18-13-4-3-11(8-15)7-12(13)16/h3-7H,16H2,1-2H3. The maximum Gasteiger partial charge on any atom is 0.101 e. The Kier molecular flexibility index (Phi) is 3.54. The van der Waals surface area contributed by atoms with Gasteiger partial charge in [-0.15, -0.1) is 0 Å². The van der Waals surface area contributed by atoms with E-state index in [1.54, 1.807) is 12.1 Å². The van der Waals surface area contributed by atoms with Crippen molar-refractivity contribution in [2.24, 2.45) is 0 Å². The predicted octanol–water partition coefficient (Wildman–Crippen LogP) is 3.30. The quantitative estimate of drug-likeness (QED) is 0.836. The van der Waals surface area contributed by atoms with Crippen molar-refractivity contribution in [3.05, 3.63) is 47.2 Å². The average Bonchev–Trinajstić information content (AvgIpc) is 2.30. The zero-order chi connectivity index (χ0) is 13.1. The van der Waals surface area contributed by atoms with Gasteiger partial charge in [-0.25, -0.2) is 4.98 Å². The first-order chi connectivity index (χ1) is 8.58. The van der Waals surface area contributed by atoms with Crippen LogP contribution in [0.3, 0.4) is 0 Å². The first-order valence-corrected chi connectivity index (χ1v) is 6.33. The summed E-state index contributed by atoms with van der Waals surface area (Å²) in [7, 11) is 0. The first-order valence-electron chi connectivity index (χ1n) is 5.51. The Morgan fingerprint density at radius 3 is 2.61 bits per heavy atom. The van der Waals surface area contributed by atoms with Crippen molar-refractivity contribution in [1.29, 1.82) is 5.26 Å². The molecule has 0 saturated carbocycles. The van der Waals surface area contributed by atoms with Crippen molar-refractivity contribution in [2.45, 2.75) is 23.8 Å². The summed E-state index contributed by atoms with van der Waals surface area (Å²) in [6.07, 6.45) is 0. The molecule has 1 aromatic carbocycles. The summed E-state index contributed by atoms with van der Waals surface area (Å²) in [5.41, 5.74) is 9.28. The van der Waals surface area contributed by atoms with Crippen LogP contribution in [0.2, 0.25) is 0 Å². The molecule has 4 heteroatoms. The second-order valence-corrected chi connectivity index (χ2v) is 5.15. The van der Waals surface area contributed by atoms with Crippen LogP contribution in [0.4, 0.5) is 5.69 Å². The zero-order valence-corrected chi connectivity index (χ0v) is 11.1. The van der Waals surface area contributed by atoms with E-state index in [4.69, 9.17) is 11.0 Å². The molecule has 0 aliphatic heterocycles. The third-order valence-electron chi connectivity index (χ3n) is 2.43. The lowest BCUT2D eigenvalue weighted by Gasteiger charge is -2.06. The smallest absolute Gasteiger partial charge is 0.101 e. The Bertz CT molecular complexity index is 609. The van der Waals surface area contributed by atoms with E-state index in [0.717, 1.165) is 15.6 Å². The van der Waals surface area contributed by atoms with E-state index < -0.39 is 0 Å². The summed E-state index contributed by atoms with van der Waals surface area (Å²) in [5.74, 6) is 0. The number of nitrogens with two attached hydrogens (primary N) is 1. The summed E-state index contributed by atoms with van der Waals surface area (Å²) in [5, 5.41) is 9.71. The van der Waals surface area contributed by atoms with Crippen molar-refractivity contribution >= 4 is 17.4 Å². The SMILES string of the molecule is Cc1cc(C)nc(Sc2ccc(C#N)cc2N)c1. The first kappa shape index (κ1) is 12.5. The van der Waals surface area contributed by atoms with Gasteiger partial charge in [-0.2, -0.15) is 5.26 Å². The summed E-state index contributed by atoms with van der Waals surface area (Å²) < 4.78 is 0. The van der Waals surface area contributed by atoms with Gasteiger partial charge in [0.2, 0.25) is 0 Å². The number of nitrogen functional groups attached to an aromatic ring is 1. The van der Waals surface area contributed by atoms with Crippen molar-refractivity contribution in [1.82, 2.24) is 4.98 Å². The number of nitriles is 1. The number of hydrogen-bond acceptors (Lipinski definition) is 4. The molecule has 0 fully saturated rings. The summed E-state index contributed by atoms with van der Waals surface area (Å²) in [6.45, 7) is 4.01. The molecule has 90 valence electrons. The lowest BCUT2D eigenvalue weighted by molar-refractivity contribution is 1.05. The molecule has 0 amide bonds. The van der Waals surface area contributed by atoms with Crippen LogP contribution >= 0.6 is 11.8 Å². The molecular formula is C14H13N3S. The fourth-order valence-corrected chi connectivity index (χ4v) is 2.65. The highest BCUT2D eigenvalue weighted by molar-refractivity contribution is 7.99. The monoisotopic (exact) mass is 255 g/mol. The predicted molar refractivity (Wildman–Crippen MR) is 73.4 cm³/mol. The van der Waals surface area contributed by atoms with Gasteiger partial charge in [-0.3, -0.25) is 0 Å². The van der Waals surface area contributed by atoms with E-state index in [1.165, 1.54) is 17.3 Å². The van der Waals surface area contributed by atoms with Crippen molar-refractivity contribution in [2.75, 3.05) is 5.73 Å². The molecule has 0 unspecified atom stereocenters. The molecule has 0 aliphatic rings. The number of rotatable bonds is 2. The summed E-state index contributed by atoms with van der Waals surface area (Å²) >= 11 is 1.52. The topological polar surface area (TPSA) is 62.7 Å². The van der Waals surface area contributed by atoms with Crippen LogP contribution in [0.25, 0.3) is 0 Å². The average molecular weight is 255 g/mol. The van der Waals surface area contributed by atoms with Gasteiger partial charge in [-0.05, 0) is 49.7 Å². The maximum atomic E-state index is 8.79. The van der Waals surface area contributed by atoms with E-state index in [-0.39, 0.29) is 0 Å². The van der Waals surface area contributed by atoms with E-state index in [0.29, 0.717) is 11.3 Å². The fraction of sp³-hybridized carbons (Fsp3) is 0.143. The molecule has 0 spiro atoms. The number of aryl methyl sites for hydroxylation is 2. The highest BCUT2D eigenvalue weighted by Gasteiger charge is 2.05. The molecule has 1 heterocycles. The maximum absolute atomic E-state index is 8.79. The van der Waals surface area contributed by atoms with Crippen molar-refractivity contribution < 1.29 is 0 Å². The van der Waals surface area contributed by atoms with E-state index in [2.05, 4.69) is 11.1 Å². The molecule has 0 aliphatic carbocycles. The molecule has 1 aromatic heterocycles. The van der Waals surface area contributed by atoms with Crippen LogP contribution in [0.15, 0.2) is 40.3 Å². The number of anilines is 1. The highest BCUT2D eigenvalue weighted by atomic mass is 32.2. The van der Waals surface area contributed by atoms with Gasteiger partial charge in [-0.1, -0.05) is 11.8 Å². The van der Waals surface area contributed by atoms with Gasteiger partial charge in [0, 0.05) is 16.3 Å². The van der Waals surface area contributed by atoms with Gasteiger partial charge < -0.3 is 5.73 Å². The number of hydrogen-bond donors (Lipinski definition) is 1. The Morgan fingerprint density at radius 1 is 1.22 bits per heavy atom. The second kappa shape index (κ2) is 5.11. The minimum atomic E-state index is 0.574. The van der Waals surface area contributed by atoms with E-state index in [9.17, 15) is 0 Å². The number of nitrogens with zero attached hydrogens (tertiary/aromatic N) is 2. The fourth-order valence-electron chi connectivity index (χ4n) is 1.68. The largest absolute Gasteiger partial charge is 0.398 e. The van der Waals surface area contributed by atoms with Crippen molar-refractivity contribution in [3.8, 4) is 6.07 Å². The number of aromatic nitrogens is 1. The lowest BCUT2D eigenvalue weighted by Crippen LogP contribution is -1.91. The Labute approximate surface area is 111 Å². The van der Waals surface area contributed by atoms with Crippen molar-refractivity contribution in [3.63, 3.8) is 0 Å². The molecule has 18 heavy (non-hydrogen) atoms. The molecule has 0 bridgehead atoms. The summed E-state index contributed by atoms with van der Waals surface area (Å²) in [4.78, 5) is 5.38. The van der Waals surface area contributed by atoms with Gasteiger partial charge in [0.15, 0.2) is 0 Å². The highest BCUT2D eigenvalue weighted by Crippen LogP contribution is 2.31. The van der Waals surface area contributed by atoms with E-state index in [1.807, 2.05) is 32.0 Å². The van der Waals surface area contributed by atoms with Gasteiger partial charge >= 0.3 is 0 Å². The molecule has 2 N–H and O–H groups in total.